The molecule has 9 heavy (non-hydrogen) atoms. The lowest BCUT2D eigenvalue weighted by atomic mass is 10.0. The van der Waals surface area contributed by atoms with Crippen LogP contribution >= 0.6 is 0 Å². The molecule has 0 aromatic carbocycles. The van der Waals surface area contributed by atoms with Crippen molar-refractivity contribution in [3.8, 4) is 0 Å². The molecule has 1 heterocycles. The molecule has 1 aliphatic heterocycles. The molecule has 0 unspecified atom stereocenters. The molecule has 1 rings (SSSR count). The molecule has 50 valence electrons. The molecule has 0 aromatic rings. The predicted molar refractivity (Wildman–Crippen MR) is 33.9 cm³/mol. The van der Waals surface area contributed by atoms with Crippen LogP contribution in [0.1, 0.15) is 13.8 Å². The molecule has 1 aliphatic rings. The van der Waals surface area contributed by atoms with E-state index < -0.39 is 0 Å². The third-order valence-corrected chi connectivity index (χ3v) is 1.58. The summed E-state index contributed by atoms with van der Waals surface area (Å²) in [5, 5.41) is 0. The highest BCUT2D eigenvalue weighted by molar-refractivity contribution is 5.82. The second kappa shape index (κ2) is 2.21. The molecule has 0 spiro atoms. The number of ether oxygens (including phenoxy) is 1. The average Bonchev–Trinajstić information content (AvgIpc) is 1.80. The van der Waals surface area contributed by atoms with Crippen molar-refractivity contribution < 1.29 is 9.53 Å². The van der Waals surface area contributed by atoms with Crippen LogP contribution in [-0.2, 0) is 9.53 Å². The zero-order valence-electron chi connectivity index (χ0n) is 5.63. The van der Waals surface area contributed by atoms with Gasteiger partial charge in [-0.15, -0.1) is 0 Å². The van der Waals surface area contributed by atoms with E-state index in [-0.39, 0.29) is 12.1 Å². The van der Waals surface area contributed by atoms with Crippen LogP contribution in [0.2, 0.25) is 0 Å². The Balaban J connectivity index is 2.65. The maximum atomic E-state index is 10.5. The molecule has 0 aliphatic carbocycles. The second-order valence-electron chi connectivity index (χ2n) is 2.36. The third kappa shape index (κ3) is 1.31. The third-order valence-electron chi connectivity index (χ3n) is 1.58. The van der Waals surface area contributed by atoms with E-state index in [0.717, 1.165) is 0 Å². The van der Waals surface area contributed by atoms with Crippen LogP contribution in [0.4, 0.5) is 0 Å². The van der Waals surface area contributed by atoms with Gasteiger partial charge in [0.1, 0.15) is 6.10 Å². The molecule has 0 saturated carbocycles. The molecule has 2 heteroatoms. The lowest BCUT2D eigenvalue weighted by Crippen LogP contribution is -2.23. The minimum Gasteiger partial charge on any atom is -0.459 e. The summed E-state index contributed by atoms with van der Waals surface area (Å²) >= 11 is 0. The number of hydrogen-bond donors (Lipinski definition) is 0. The van der Waals surface area contributed by atoms with Crippen LogP contribution in [0.15, 0.2) is 12.2 Å². The highest BCUT2D eigenvalue weighted by Crippen LogP contribution is 2.13. The first-order valence-corrected chi connectivity index (χ1v) is 3.09. The van der Waals surface area contributed by atoms with E-state index >= 15 is 0 Å². The molecule has 0 bridgehead atoms. The molecule has 0 aromatic heterocycles. The Hall–Kier alpha value is -0.790. The zero-order chi connectivity index (χ0) is 6.85. The number of carbonyl (C=O) groups excluding carboxylic acids is 1. The molecule has 0 amide bonds. The quantitative estimate of drug-likeness (QED) is 0.455. The maximum Gasteiger partial charge on any atom is 0.330 e. The van der Waals surface area contributed by atoms with Gasteiger partial charge in [-0.25, -0.2) is 4.79 Å². The van der Waals surface area contributed by atoms with Crippen LogP contribution in [0.25, 0.3) is 0 Å². The van der Waals surface area contributed by atoms with Crippen LogP contribution in [0.3, 0.4) is 0 Å². The number of carbonyl (C=O) groups is 1. The Morgan fingerprint density at radius 3 is 2.67 bits per heavy atom. The maximum absolute atomic E-state index is 10.5. The summed E-state index contributed by atoms with van der Waals surface area (Å²) in [6.45, 7) is 3.92. The lowest BCUT2D eigenvalue weighted by molar-refractivity contribution is -0.145. The summed E-state index contributed by atoms with van der Waals surface area (Å²) in [5.74, 6) is 0.142. The zero-order valence-corrected chi connectivity index (χ0v) is 5.63. The van der Waals surface area contributed by atoms with E-state index in [1.807, 2.05) is 19.9 Å². The van der Waals surface area contributed by atoms with Gasteiger partial charge in [0.05, 0.1) is 0 Å². The molecule has 2 nitrogen and oxygen atoms in total. The molecule has 0 radical (unpaired) electrons. The minimum absolute atomic E-state index is 0.0440. The molecule has 2 atom stereocenters. The van der Waals surface area contributed by atoms with Crippen LogP contribution in [0.5, 0.6) is 0 Å². The Labute approximate surface area is 54.5 Å². The van der Waals surface area contributed by atoms with Crippen molar-refractivity contribution >= 4 is 5.97 Å². The molecule has 0 N–H and O–H groups in total. The monoisotopic (exact) mass is 126 g/mol. The fourth-order valence-electron chi connectivity index (χ4n) is 0.717. The van der Waals surface area contributed by atoms with Gasteiger partial charge in [0, 0.05) is 12.0 Å². The van der Waals surface area contributed by atoms with Gasteiger partial charge in [0.25, 0.3) is 0 Å². The van der Waals surface area contributed by atoms with Crippen molar-refractivity contribution in [1.82, 2.24) is 0 Å². The molecular weight excluding hydrogens is 116 g/mol. The summed E-state index contributed by atoms with van der Waals surface area (Å²) in [6, 6.07) is 0. The average molecular weight is 126 g/mol. The normalized spacial score (nSPS) is 34.2. The van der Waals surface area contributed by atoms with Crippen LogP contribution in [-0.4, -0.2) is 12.1 Å². The van der Waals surface area contributed by atoms with E-state index in [2.05, 4.69) is 0 Å². The van der Waals surface area contributed by atoms with E-state index in [9.17, 15) is 4.79 Å². The molecule has 0 fully saturated rings. The minimum atomic E-state index is -0.222. The second-order valence-corrected chi connectivity index (χ2v) is 2.36. The first kappa shape index (κ1) is 6.33. The summed E-state index contributed by atoms with van der Waals surface area (Å²) in [6.07, 6.45) is 3.39. The Morgan fingerprint density at radius 2 is 2.22 bits per heavy atom. The SMILES string of the molecule is C[C@H]1C=CC(=O)O[C@@H]1C. The number of esters is 1. The Morgan fingerprint density at radius 1 is 1.56 bits per heavy atom. The number of rotatable bonds is 0. The predicted octanol–water partition coefficient (Wildman–Crippen LogP) is 1.12. The largest absolute Gasteiger partial charge is 0.459 e. The van der Waals surface area contributed by atoms with Crippen molar-refractivity contribution in [3.05, 3.63) is 12.2 Å². The van der Waals surface area contributed by atoms with Crippen molar-refractivity contribution in [3.63, 3.8) is 0 Å². The van der Waals surface area contributed by atoms with Crippen LogP contribution in [0, 0.1) is 5.92 Å². The Kier molecular flexibility index (Phi) is 1.56. The first-order valence-electron chi connectivity index (χ1n) is 3.09. The van der Waals surface area contributed by atoms with Crippen LogP contribution < -0.4 is 0 Å². The lowest BCUT2D eigenvalue weighted by Gasteiger charge is -2.19. The fraction of sp³-hybridized carbons (Fsp3) is 0.571. The van der Waals surface area contributed by atoms with Crippen molar-refractivity contribution in [2.45, 2.75) is 20.0 Å². The van der Waals surface area contributed by atoms with Crippen molar-refractivity contribution in [2.75, 3.05) is 0 Å². The van der Waals surface area contributed by atoms with Gasteiger partial charge in [-0.2, -0.15) is 0 Å². The van der Waals surface area contributed by atoms with Gasteiger partial charge >= 0.3 is 5.97 Å². The first-order chi connectivity index (χ1) is 4.20. The van der Waals surface area contributed by atoms with Gasteiger partial charge < -0.3 is 4.74 Å². The van der Waals surface area contributed by atoms with Crippen molar-refractivity contribution in [1.29, 1.82) is 0 Å². The van der Waals surface area contributed by atoms with Crippen molar-refractivity contribution in [2.24, 2.45) is 5.92 Å². The Bertz CT molecular complexity index is 149. The van der Waals surface area contributed by atoms with E-state index in [0.29, 0.717) is 5.92 Å². The highest BCUT2D eigenvalue weighted by atomic mass is 16.5. The summed E-state index contributed by atoms with van der Waals surface area (Å²) in [7, 11) is 0. The van der Waals surface area contributed by atoms with E-state index in [1.54, 1.807) is 0 Å². The highest BCUT2D eigenvalue weighted by Gasteiger charge is 2.17. The standard InChI is InChI=1S/C7H10O2/c1-5-3-4-7(8)9-6(5)2/h3-6H,1-2H3/t5-,6+/m0/s1. The van der Waals surface area contributed by atoms with Gasteiger partial charge in [-0.3, -0.25) is 0 Å². The summed E-state index contributed by atoms with van der Waals surface area (Å²) in [4.78, 5) is 10.5. The van der Waals surface area contributed by atoms with Gasteiger partial charge in [0.15, 0.2) is 0 Å². The summed E-state index contributed by atoms with van der Waals surface area (Å²) in [5.41, 5.74) is 0. The smallest absolute Gasteiger partial charge is 0.330 e. The van der Waals surface area contributed by atoms with E-state index in [1.165, 1.54) is 6.08 Å². The number of hydrogen-bond acceptors (Lipinski definition) is 2. The van der Waals surface area contributed by atoms with Gasteiger partial charge in [-0.05, 0) is 6.92 Å². The van der Waals surface area contributed by atoms with Gasteiger partial charge in [0.2, 0.25) is 0 Å². The fourth-order valence-corrected chi connectivity index (χ4v) is 0.717. The van der Waals surface area contributed by atoms with Gasteiger partial charge in [-0.1, -0.05) is 13.0 Å². The topological polar surface area (TPSA) is 26.3 Å². The molecular formula is C7H10O2. The van der Waals surface area contributed by atoms with E-state index in [4.69, 9.17) is 4.74 Å². The molecule has 0 saturated heterocycles. The summed E-state index contributed by atoms with van der Waals surface area (Å²) < 4.78 is 4.87. The number of cyclic esters (lactones) is 1.